The molecule has 2 rings (SSSR count). The molecule has 0 radical (unpaired) electrons. The number of para-hydroxylation sites is 1. The summed E-state index contributed by atoms with van der Waals surface area (Å²) >= 11 is 0. The Kier molecular flexibility index (Phi) is 6.24. The van der Waals surface area contributed by atoms with Gasteiger partial charge in [0.1, 0.15) is 17.4 Å². The van der Waals surface area contributed by atoms with Crippen molar-refractivity contribution in [3.63, 3.8) is 0 Å². The van der Waals surface area contributed by atoms with Crippen LogP contribution in [0.2, 0.25) is 0 Å². The van der Waals surface area contributed by atoms with Crippen LogP contribution in [-0.4, -0.2) is 12.5 Å². The van der Waals surface area contributed by atoms with Gasteiger partial charge in [0, 0.05) is 5.56 Å². The first-order chi connectivity index (χ1) is 12.0. The van der Waals surface area contributed by atoms with E-state index in [-0.39, 0.29) is 22.9 Å². The molecule has 0 aliphatic heterocycles. The Balaban J connectivity index is 2.20. The first-order valence-electron chi connectivity index (χ1n) is 7.52. The van der Waals surface area contributed by atoms with Crippen LogP contribution in [0.15, 0.2) is 60.2 Å². The number of amides is 1. The largest absolute Gasteiger partial charge is 0.434 e. The monoisotopic (exact) mass is 342 g/mol. The Labute approximate surface area is 144 Å². The Hall–Kier alpha value is -3.20. The minimum atomic E-state index is -2.99. The predicted molar refractivity (Wildman–Crippen MR) is 89.7 cm³/mol. The fourth-order valence-corrected chi connectivity index (χ4v) is 2.21. The first kappa shape index (κ1) is 18.1. The highest BCUT2D eigenvalue weighted by atomic mass is 19.3. The fraction of sp³-hybridized carbons (Fsp3) is 0.158. The number of halogens is 2. The molecule has 2 aromatic carbocycles. The van der Waals surface area contributed by atoms with Crippen LogP contribution in [0.25, 0.3) is 6.08 Å². The smallest absolute Gasteiger partial charge is 0.387 e. The Morgan fingerprint density at radius 1 is 1.16 bits per heavy atom. The minimum Gasteiger partial charge on any atom is -0.434 e. The summed E-state index contributed by atoms with van der Waals surface area (Å²) in [4.78, 5) is 12.3. The zero-order chi connectivity index (χ0) is 18.2. The summed E-state index contributed by atoms with van der Waals surface area (Å²) in [6.07, 6.45) is 1.23. The lowest BCUT2D eigenvalue weighted by molar-refractivity contribution is -0.117. The van der Waals surface area contributed by atoms with E-state index < -0.39 is 12.5 Å². The van der Waals surface area contributed by atoms with Crippen molar-refractivity contribution in [1.82, 2.24) is 5.32 Å². The van der Waals surface area contributed by atoms with Crippen molar-refractivity contribution < 1.29 is 18.3 Å². The predicted octanol–water partition coefficient (Wildman–Crippen LogP) is 4.07. The van der Waals surface area contributed by atoms with E-state index in [1.807, 2.05) is 30.3 Å². The Morgan fingerprint density at radius 3 is 2.44 bits per heavy atom. The maximum Gasteiger partial charge on any atom is 0.387 e. The van der Waals surface area contributed by atoms with E-state index >= 15 is 0 Å². The molecule has 2 aromatic rings. The second kappa shape index (κ2) is 8.60. The lowest BCUT2D eigenvalue weighted by Gasteiger charge is -2.14. The van der Waals surface area contributed by atoms with Crippen molar-refractivity contribution in [3.8, 4) is 11.8 Å². The molecule has 1 atom stereocenters. The van der Waals surface area contributed by atoms with Gasteiger partial charge < -0.3 is 10.1 Å². The molecule has 0 aliphatic carbocycles. The molecular weight excluding hydrogens is 326 g/mol. The number of rotatable bonds is 6. The molecule has 4 nitrogen and oxygen atoms in total. The van der Waals surface area contributed by atoms with E-state index in [0.29, 0.717) is 0 Å². The van der Waals surface area contributed by atoms with E-state index in [1.54, 1.807) is 19.1 Å². The number of hydrogen-bond donors (Lipinski definition) is 1. The maximum absolute atomic E-state index is 12.5. The first-order valence-corrected chi connectivity index (χ1v) is 7.52. The van der Waals surface area contributed by atoms with Crippen molar-refractivity contribution in [2.24, 2.45) is 0 Å². The van der Waals surface area contributed by atoms with Gasteiger partial charge in [-0.25, -0.2) is 0 Å². The number of alkyl halides is 2. The van der Waals surface area contributed by atoms with Gasteiger partial charge in [-0.15, -0.1) is 0 Å². The number of nitrogens with one attached hydrogen (secondary N) is 1. The van der Waals surface area contributed by atoms with Gasteiger partial charge in [-0.3, -0.25) is 4.79 Å². The van der Waals surface area contributed by atoms with Gasteiger partial charge in [-0.1, -0.05) is 48.5 Å². The Bertz CT molecular complexity index is 799. The van der Waals surface area contributed by atoms with Crippen LogP contribution in [-0.2, 0) is 4.79 Å². The van der Waals surface area contributed by atoms with Crippen molar-refractivity contribution in [1.29, 1.82) is 5.26 Å². The lowest BCUT2D eigenvalue weighted by atomic mass is 10.1. The number of ether oxygens (including phenoxy) is 1. The zero-order valence-corrected chi connectivity index (χ0v) is 13.4. The minimum absolute atomic E-state index is 0.103. The molecule has 0 bridgehead atoms. The van der Waals surface area contributed by atoms with Gasteiger partial charge in [0.2, 0.25) is 0 Å². The van der Waals surface area contributed by atoms with Crippen LogP contribution in [0, 0.1) is 11.3 Å². The number of nitriles is 1. The third-order valence-corrected chi connectivity index (χ3v) is 3.45. The van der Waals surface area contributed by atoms with Crippen LogP contribution >= 0.6 is 0 Å². The molecule has 128 valence electrons. The van der Waals surface area contributed by atoms with E-state index in [1.165, 1.54) is 24.3 Å². The van der Waals surface area contributed by atoms with Crippen molar-refractivity contribution in [2.75, 3.05) is 0 Å². The van der Waals surface area contributed by atoms with Gasteiger partial charge in [0.15, 0.2) is 0 Å². The van der Waals surface area contributed by atoms with E-state index in [9.17, 15) is 18.8 Å². The lowest BCUT2D eigenvalue weighted by Crippen LogP contribution is -2.27. The average Bonchev–Trinajstić information content (AvgIpc) is 2.61. The fourth-order valence-electron chi connectivity index (χ4n) is 2.21. The van der Waals surface area contributed by atoms with E-state index in [2.05, 4.69) is 10.1 Å². The van der Waals surface area contributed by atoms with Crippen molar-refractivity contribution >= 4 is 12.0 Å². The van der Waals surface area contributed by atoms with Gasteiger partial charge in [0.05, 0.1) is 6.04 Å². The van der Waals surface area contributed by atoms with Crippen LogP contribution < -0.4 is 10.1 Å². The van der Waals surface area contributed by atoms with Crippen LogP contribution in [0.3, 0.4) is 0 Å². The summed E-state index contributed by atoms with van der Waals surface area (Å²) in [6.45, 7) is -1.21. The summed E-state index contributed by atoms with van der Waals surface area (Å²) in [5.74, 6) is -0.695. The summed E-state index contributed by atoms with van der Waals surface area (Å²) in [6, 6.07) is 16.7. The molecule has 0 aromatic heterocycles. The highest BCUT2D eigenvalue weighted by Crippen LogP contribution is 2.23. The molecule has 1 N–H and O–H groups in total. The number of carbonyl (C=O) groups is 1. The number of carbonyl (C=O) groups excluding carboxylic acids is 1. The number of benzene rings is 2. The van der Waals surface area contributed by atoms with Crippen molar-refractivity contribution in [2.45, 2.75) is 19.6 Å². The maximum atomic E-state index is 12.5. The summed E-state index contributed by atoms with van der Waals surface area (Å²) in [5.41, 5.74) is 0.907. The number of hydrogen-bond acceptors (Lipinski definition) is 3. The molecule has 0 spiro atoms. The highest BCUT2D eigenvalue weighted by molar-refractivity contribution is 6.02. The molecule has 0 fully saturated rings. The molecule has 6 heteroatoms. The summed E-state index contributed by atoms with van der Waals surface area (Å²) < 4.78 is 29.3. The molecular formula is C19H16F2N2O2. The molecule has 0 unspecified atom stereocenters. The second-order valence-corrected chi connectivity index (χ2v) is 5.19. The molecule has 0 saturated carbocycles. The van der Waals surface area contributed by atoms with E-state index in [4.69, 9.17) is 0 Å². The topological polar surface area (TPSA) is 62.1 Å². The van der Waals surface area contributed by atoms with Gasteiger partial charge >= 0.3 is 6.61 Å². The highest BCUT2D eigenvalue weighted by Gasteiger charge is 2.15. The van der Waals surface area contributed by atoms with Crippen LogP contribution in [0.1, 0.15) is 24.1 Å². The summed E-state index contributed by atoms with van der Waals surface area (Å²) in [7, 11) is 0. The van der Waals surface area contributed by atoms with Gasteiger partial charge in [0.25, 0.3) is 5.91 Å². The second-order valence-electron chi connectivity index (χ2n) is 5.19. The molecule has 0 aliphatic rings. The zero-order valence-electron chi connectivity index (χ0n) is 13.4. The normalized spacial score (nSPS) is 12.4. The third kappa shape index (κ3) is 5.15. The molecule has 0 saturated heterocycles. The van der Waals surface area contributed by atoms with E-state index in [0.717, 1.165) is 5.56 Å². The van der Waals surface area contributed by atoms with Crippen molar-refractivity contribution in [3.05, 3.63) is 71.3 Å². The SMILES string of the molecule is C[C@@H](NC(=O)/C(C#N)=C/c1ccccc1OC(F)F)c1ccccc1. The standard InChI is InChI=1S/C19H16F2N2O2/c1-13(14-7-3-2-4-8-14)23-18(24)16(12-22)11-15-9-5-6-10-17(15)25-19(20)21/h2-11,13,19H,1H3,(H,23,24)/b16-11+/t13-/m1/s1. The van der Waals surface area contributed by atoms with Crippen LogP contribution in [0.5, 0.6) is 5.75 Å². The third-order valence-electron chi connectivity index (χ3n) is 3.45. The Morgan fingerprint density at radius 2 is 1.80 bits per heavy atom. The van der Waals surface area contributed by atoms with Gasteiger partial charge in [-0.05, 0) is 24.6 Å². The number of nitrogens with zero attached hydrogens (tertiary/aromatic N) is 1. The average molecular weight is 342 g/mol. The van der Waals surface area contributed by atoms with Crippen LogP contribution in [0.4, 0.5) is 8.78 Å². The molecule has 1 amide bonds. The van der Waals surface area contributed by atoms with Gasteiger partial charge in [-0.2, -0.15) is 14.0 Å². The quantitative estimate of drug-likeness (QED) is 0.636. The molecule has 0 heterocycles. The summed E-state index contributed by atoms with van der Waals surface area (Å²) in [5, 5.41) is 12.0. The molecule has 25 heavy (non-hydrogen) atoms.